The van der Waals surface area contributed by atoms with Crippen LogP contribution in [0.5, 0.6) is 0 Å². The van der Waals surface area contributed by atoms with Crippen molar-refractivity contribution in [3.05, 3.63) is 30.3 Å². The molecule has 1 fully saturated rings. The number of nitrogens with zero attached hydrogens (tertiary/aromatic N) is 3. The van der Waals surface area contributed by atoms with E-state index in [2.05, 4.69) is 15.5 Å². The monoisotopic (exact) mass is 326 g/mol. The second-order valence-electron chi connectivity index (χ2n) is 5.60. The van der Waals surface area contributed by atoms with Gasteiger partial charge in [-0.1, -0.05) is 18.2 Å². The molecule has 8 heteroatoms. The Balaban J connectivity index is 1.53. The van der Waals surface area contributed by atoms with Crippen molar-refractivity contribution in [2.24, 2.45) is 0 Å². The minimum absolute atomic E-state index is 0.0562. The van der Waals surface area contributed by atoms with Crippen LogP contribution < -0.4 is 5.32 Å². The third-order valence-corrected chi connectivity index (χ3v) is 3.77. The first-order valence-corrected chi connectivity index (χ1v) is 7.44. The molecular weight excluding hydrogens is 309 g/mol. The van der Waals surface area contributed by atoms with E-state index in [1.165, 1.54) is 4.90 Å². The summed E-state index contributed by atoms with van der Waals surface area (Å²) < 4.78 is 42.3. The summed E-state index contributed by atoms with van der Waals surface area (Å²) in [6.07, 6.45) is -2.91. The summed E-state index contributed by atoms with van der Waals surface area (Å²) >= 11 is 0. The van der Waals surface area contributed by atoms with Crippen LogP contribution in [-0.4, -0.2) is 46.9 Å². The molecule has 0 aliphatic carbocycles. The van der Waals surface area contributed by atoms with E-state index in [1.54, 1.807) is 0 Å². The first kappa shape index (κ1) is 15.8. The number of halogens is 3. The summed E-state index contributed by atoms with van der Waals surface area (Å²) in [7, 11) is 0. The lowest BCUT2D eigenvalue weighted by molar-refractivity contribution is -0.147. The van der Waals surface area contributed by atoms with Gasteiger partial charge < -0.3 is 9.84 Å². The van der Waals surface area contributed by atoms with E-state index in [9.17, 15) is 13.2 Å². The predicted molar refractivity (Wildman–Crippen MR) is 78.9 cm³/mol. The molecule has 1 aromatic carbocycles. The van der Waals surface area contributed by atoms with E-state index in [0.29, 0.717) is 37.8 Å². The highest BCUT2D eigenvalue weighted by Gasteiger charge is 2.32. The zero-order valence-corrected chi connectivity index (χ0v) is 12.4. The van der Waals surface area contributed by atoms with Crippen molar-refractivity contribution in [1.29, 1.82) is 0 Å². The average Bonchev–Trinajstić information content (AvgIpc) is 2.97. The Bertz CT molecular complexity index is 621. The Morgan fingerprint density at radius 3 is 2.52 bits per heavy atom. The van der Waals surface area contributed by atoms with Crippen LogP contribution in [0.2, 0.25) is 0 Å². The van der Waals surface area contributed by atoms with Gasteiger partial charge in [0.15, 0.2) is 0 Å². The number of aromatic nitrogens is 2. The van der Waals surface area contributed by atoms with Crippen molar-refractivity contribution in [3.8, 4) is 11.5 Å². The number of nitrogens with one attached hydrogen (secondary N) is 1. The van der Waals surface area contributed by atoms with Crippen molar-refractivity contribution >= 4 is 5.95 Å². The van der Waals surface area contributed by atoms with Crippen molar-refractivity contribution in [2.75, 3.05) is 25.0 Å². The summed E-state index contributed by atoms with van der Waals surface area (Å²) in [6.45, 7) is -0.0404. The van der Waals surface area contributed by atoms with E-state index in [4.69, 9.17) is 4.52 Å². The van der Waals surface area contributed by atoms with Crippen molar-refractivity contribution in [1.82, 2.24) is 15.0 Å². The highest BCUT2D eigenvalue weighted by atomic mass is 19.4. The normalized spacial score (nSPS) is 17.3. The summed E-state index contributed by atoms with van der Waals surface area (Å²) in [6, 6.07) is 9.44. The Hall–Kier alpha value is -2.09. The number of likely N-dealkylation sites (tertiary alicyclic amines) is 1. The van der Waals surface area contributed by atoms with Crippen LogP contribution >= 0.6 is 0 Å². The third kappa shape index (κ3) is 4.44. The van der Waals surface area contributed by atoms with Gasteiger partial charge >= 0.3 is 6.18 Å². The second kappa shape index (κ2) is 6.57. The van der Waals surface area contributed by atoms with Crippen molar-refractivity contribution in [2.45, 2.75) is 25.1 Å². The molecule has 1 saturated heterocycles. The summed E-state index contributed by atoms with van der Waals surface area (Å²) in [5.41, 5.74) is 0.827. The molecule has 124 valence electrons. The largest absolute Gasteiger partial charge is 0.401 e. The number of benzene rings is 1. The minimum atomic E-state index is -4.14. The summed E-state index contributed by atoms with van der Waals surface area (Å²) in [5, 5.41) is 7.00. The van der Waals surface area contributed by atoms with Crippen LogP contribution in [0.15, 0.2) is 34.9 Å². The maximum atomic E-state index is 12.4. The molecule has 3 rings (SSSR count). The van der Waals surface area contributed by atoms with E-state index >= 15 is 0 Å². The van der Waals surface area contributed by atoms with Crippen LogP contribution in [0.25, 0.3) is 11.5 Å². The van der Waals surface area contributed by atoms with E-state index in [0.717, 1.165) is 5.56 Å². The van der Waals surface area contributed by atoms with Crippen LogP contribution in [0.1, 0.15) is 12.8 Å². The molecule has 2 aromatic rings. The van der Waals surface area contributed by atoms with Gasteiger partial charge in [0.1, 0.15) is 0 Å². The van der Waals surface area contributed by atoms with Crippen LogP contribution in [-0.2, 0) is 0 Å². The molecule has 0 amide bonds. The molecule has 0 radical (unpaired) electrons. The van der Waals surface area contributed by atoms with Crippen molar-refractivity contribution in [3.63, 3.8) is 0 Å². The van der Waals surface area contributed by atoms with E-state index in [1.807, 2.05) is 30.3 Å². The number of anilines is 1. The van der Waals surface area contributed by atoms with Gasteiger partial charge in [0.05, 0.1) is 6.54 Å². The molecule has 23 heavy (non-hydrogen) atoms. The Morgan fingerprint density at radius 1 is 1.17 bits per heavy atom. The fraction of sp³-hybridized carbons (Fsp3) is 0.467. The minimum Gasteiger partial charge on any atom is -0.349 e. The van der Waals surface area contributed by atoms with Crippen molar-refractivity contribution < 1.29 is 17.7 Å². The zero-order valence-electron chi connectivity index (χ0n) is 12.4. The van der Waals surface area contributed by atoms with Gasteiger partial charge in [-0.3, -0.25) is 4.90 Å². The fourth-order valence-electron chi connectivity index (χ4n) is 2.65. The number of rotatable bonds is 4. The van der Waals surface area contributed by atoms with E-state index < -0.39 is 12.7 Å². The van der Waals surface area contributed by atoms with Gasteiger partial charge in [0, 0.05) is 24.7 Å². The van der Waals surface area contributed by atoms with Gasteiger partial charge in [-0.15, -0.1) is 0 Å². The SMILES string of the molecule is FC(F)(F)CN1CCC(Nc2noc(-c3ccccc3)n2)CC1. The molecule has 0 unspecified atom stereocenters. The Kier molecular flexibility index (Phi) is 4.51. The summed E-state index contributed by atoms with van der Waals surface area (Å²) in [5.74, 6) is 0.792. The topological polar surface area (TPSA) is 54.2 Å². The Morgan fingerprint density at radius 2 is 1.87 bits per heavy atom. The van der Waals surface area contributed by atoms with E-state index in [-0.39, 0.29) is 6.04 Å². The number of alkyl halides is 3. The number of hydrogen-bond donors (Lipinski definition) is 1. The molecule has 0 saturated carbocycles. The molecule has 1 aliphatic heterocycles. The van der Waals surface area contributed by atoms with Crippen LogP contribution in [0.3, 0.4) is 0 Å². The third-order valence-electron chi connectivity index (χ3n) is 3.77. The lowest BCUT2D eigenvalue weighted by Crippen LogP contribution is -2.43. The first-order chi connectivity index (χ1) is 11.0. The zero-order chi connectivity index (χ0) is 16.3. The fourth-order valence-corrected chi connectivity index (χ4v) is 2.65. The van der Waals surface area contributed by atoms with Gasteiger partial charge in [0.2, 0.25) is 0 Å². The highest BCUT2D eigenvalue weighted by molar-refractivity contribution is 5.53. The maximum Gasteiger partial charge on any atom is 0.401 e. The molecular formula is C15H17F3N4O. The molecule has 2 heterocycles. The first-order valence-electron chi connectivity index (χ1n) is 7.44. The lowest BCUT2D eigenvalue weighted by atomic mass is 10.1. The second-order valence-corrected chi connectivity index (χ2v) is 5.60. The molecule has 1 N–H and O–H groups in total. The molecule has 5 nitrogen and oxygen atoms in total. The van der Waals surface area contributed by atoms with Gasteiger partial charge in [-0.25, -0.2) is 0 Å². The molecule has 0 atom stereocenters. The smallest absolute Gasteiger partial charge is 0.349 e. The standard InChI is InChI=1S/C15H17F3N4O/c16-15(17,18)10-22-8-6-12(7-9-22)19-14-20-13(23-21-14)11-4-2-1-3-5-11/h1-5,12H,6-10H2,(H,19,21). The number of hydrogen-bond acceptors (Lipinski definition) is 5. The molecule has 1 aromatic heterocycles. The Labute approximate surface area is 131 Å². The van der Waals surface area contributed by atoms with Gasteiger partial charge in [-0.2, -0.15) is 18.2 Å². The maximum absolute atomic E-state index is 12.4. The predicted octanol–water partition coefficient (Wildman–Crippen LogP) is 3.18. The van der Waals surface area contributed by atoms with Crippen LogP contribution in [0, 0.1) is 0 Å². The van der Waals surface area contributed by atoms with Gasteiger partial charge in [0.25, 0.3) is 11.8 Å². The molecule has 0 spiro atoms. The van der Waals surface area contributed by atoms with Crippen LogP contribution in [0.4, 0.5) is 19.1 Å². The summed E-state index contributed by atoms with van der Waals surface area (Å²) in [4.78, 5) is 5.69. The molecule has 0 bridgehead atoms. The highest BCUT2D eigenvalue weighted by Crippen LogP contribution is 2.22. The number of piperidine rings is 1. The quantitative estimate of drug-likeness (QED) is 0.935. The average molecular weight is 326 g/mol. The molecule has 1 aliphatic rings. The van der Waals surface area contributed by atoms with Gasteiger partial charge in [-0.05, 0) is 30.1 Å². The lowest BCUT2D eigenvalue weighted by Gasteiger charge is -2.32.